The summed E-state index contributed by atoms with van der Waals surface area (Å²) in [6.45, 7) is 11.4. The van der Waals surface area contributed by atoms with Crippen LogP contribution >= 0.6 is 11.3 Å². The third kappa shape index (κ3) is 4.49. The van der Waals surface area contributed by atoms with Gasteiger partial charge in [0.15, 0.2) is 5.96 Å². The van der Waals surface area contributed by atoms with E-state index in [4.69, 9.17) is 0 Å². The van der Waals surface area contributed by atoms with Gasteiger partial charge >= 0.3 is 0 Å². The van der Waals surface area contributed by atoms with Crippen LogP contribution in [0.15, 0.2) is 16.4 Å². The Morgan fingerprint density at radius 2 is 2.35 bits per heavy atom. The first kappa shape index (κ1) is 15.3. The van der Waals surface area contributed by atoms with Crippen LogP contribution < -0.4 is 10.6 Å². The van der Waals surface area contributed by atoms with Crippen molar-refractivity contribution in [1.29, 1.82) is 0 Å². The van der Waals surface area contributed by atoms with Gasteiger partial charge in [0.05, 0.1) is 6.54 Å². The monoisotopic (exact) mass is 294 g/mol. The lowest BCUT2D eigenvalue weighted by Gasteiger charge is -2.26. The number of hydrogen-bond acceptors (Lipinski definition) is 3. The third-order valence-corrected chi connectivity index (χ3v) is 4.37. The second-order valence-corrected chi connectivity index (χ2v) is 6.46. The summed E-state index contributed by atoms with van der Waals surface area (Å²) in [7, 11) is 0. The lowest BCUT2D eigenvalue weighted by Crippen LogP contribution is -2.41. The van der Waals surface area contributed by atoms with Gasteiger partial charge in [0.2, 0.25) is 0 Å². The number of nitrogens with zero attached hydrogens (tertiary/aromatic N) is 2. The number of thiophene rings is 1. The van der Waals surface area contributed by atoms with Crippen LogP contribution in [0.4, 0.5) is 0 Å². The van der Waals surface area contributed by atoms with E-state index < -0.39 is 0 Å². The summed E-state index contributed by atoms with van der Waals surface area (Å²) < 4.78 is 0. The van der Waals surface area contributed by atoms with E-state index in [1.807, 2.05) is 11.3 Å². The predicted molar refractivity (Wildman–Crippen MR) is 87.6 cm³/mol. The van der Waals surface area contributed by atoms with Crippen molar-refractivity contribution in [2.75, 3.05) is 26.2 Å². The summed E-state index contributed by atoms with van der Waals surface area (Å²) in [5.74, 6) is 0.927. The third-order valence-electron chi connectivity index (χ3n) is 3.34. The molecule has 1 aliphatic rings. The van der Waals surface area contributed by atoms with Crippen LogP contribution in [0.5, 0.6) is 0 Å². The van der Waals surface area contributed by atoms with E-state index in [1.54, 1.807) is 4.88 Å². The van der Waals surface area contributed by atoms with E-state index in [-0.39, 0.29) is 0 Å². The van der Waals surface area contributed by atoms with Gasteiger partial charge in [-0.25, -0.2) is 0 Å². The normalized spacial score (nSPS) is 16.3. The molecule has 112 valence electrons. The smallest absolute Gasteiger partial charge is 0.191 e. The molecule has 2 rings (SSSR count). The van der Waals surface area contributed by atoms with Crippen molar-refractivity contribution in [2.24, 2.45) is 4.99 Å². The van der Waals surface area contributed by atoms with Crippen molar-refractivity contribution in [2.45, 2.75) is 39.8 Å². The van der Waals surface area contributed by atoms with Crippen LogP contribution in [0, 0.1) is 0 Å². The first-order valence-corrected chi connectivity index (χ1v) is 8.39. The Morgan fingerprint density at radius 3 is 3.10 bits per heavy atom. The molecule has 0 radical (unpaired) electrons. The van der Waals surface area contributed by atoms with E-state index in [0.29, 0.717) is 6.04 Å². The molecule has 0 unspecified atom stereocenters. The molecule has 0 amide bonds. The van der Waals surface area contributed by atoms with Gasteiger partial charge in [0.1, 0.15) is 0 Å². The predicted octanol–water partition coefficient (Wildman–Crippen LogP) is 2.07. The fraction of sp³-hybridized carbons (Fsp3) is 0.667. The number of aliphatic imine (C=N–C) groups is 1. The molecule has 1 aromatic rings. The number of guanidine groups is 1. The molecule has 0 saturated carbocycles. The van der Waals surface area contributed by atoms with Crippen molar-refractivity contribution in [3.8, 4) is 0 Å². The standard InChI is InChI=1S/C15H26N4S/c1-4-16-15(18-12(2)3)17-7-9-19-8-5-14-13(11-19)6-10-20-14/h6,10,12H,4-5,7-9,11H2,1-3H3,(H2,16,17,18). The molecule has 0 aromatic carbocycles. The van der Waals surface area contributed by atoms with Gasteiger partial charge in [-0.3, -0.25) is 9.89 Å². The van der Waals surface area contributed by atoms with Gasteiger partial charge in [-0.15, -0.1) is 11.3 Å². The summed E-state index contributed by atoms with van der Waals surface area (Å²) in [6.07, 6.45) is 1.20. The second kappa shape index (κ2) is 7.64. The zero-order valence-electron chi connectivity index (χ0n) is 12.8. The number of nitrogens with one attached hydrogen (secondary N) is 2. The molecule has 0 bridgehead atoms. The maximum atomic E-state index is 4.65. The average molecular weight is 294 g/mol. The van der Waals surface area contributed by atoms with Crippen LogP contribution in [-0.4, -0.2) is 43.1 Å². The molecule has 0 aliphatic carbocycles. The van der Waals surface area contributed by atoms with E-state index in [1.165, 1.54) is 12.0 Å². The summed E-state index contributed by atoms with van der Waals surface area (Å²) in [5, 5.41) is 8.85. The minimum Gasteiger partial charge on any atom is -0.357 e. The fourth-order valence-electron chi connectivity index (χ4n) is 2.39. The van der Waals surface area contributed by atoms with Crippen LogP contribution in [0.25, 0.3) is 0 Å². The molecule has 4 nitrogen and oxygen atoms in total. The van der Waals surface area contributed by atoms with Gasteiger partial charge in [-0.2, -0.15) is 0 Å². The maximum Gasteiger partial charge on any atom is 0.191 e. The lowest BCUT2D eigenvalue weighted by atomic mass is 10.1. The van der Waals surface area contributed by atoms with E-state index in [0.717, 1.165) is 38.7 Å². The molecule has 1 aromatic heterocycles. The first-order valence-electron chi connectivity index (χ1n) is 7.51. The zero-order chi connectivity index (χ0) is 14.4. The van der Waals surface area contributed by atoms with E-state index in [9.17, 15) is 0 Å². The summed E-state index contributed by atoms with van der Waals surface area (Å²) in [5.41, 5.74) is 1.51. The quantitative estimate of drug-likeness (QED) is 0.645. The van der Waals surface area contributed by atoms with Gasteiger partial charge in [0.25, 0.3) is 0 Å². The minimum atomic E-state index is 0.413. The number of fused-ring (bicyclic) bond motifs is 1. The van der Waals surface area contributed by atoms with Crippen LogP contribution in [0.2, 0.25) is 0 Å². The molecule has 0 atom stereocenters. The molecule has 0 spiro atoms. The van der Waals surface area contributed by atoms with Crippen molar-refractivity contribution in [3.05, 3.63) is 21.9 Å². The Kier molecular flexibility index (Phi) is 5.86. The molecular formula is C15H26N4S. The van der Waals surface area contributed by atoms with Crippen LogP contribution in [-0.2, 0) is 13.0 Å². The SMILES string of the molecule is CCNC(=NCCN1CCc2sccc2C1)NC(C)C. The molecule has 2 heterocycles. The molecule has 2 N–H and O–H groups in total. The average Bonchev–Trinajstić information content (AvgIpc) is 2.85. The first-order chi connectivity index (χ1) is 9.69. The minimum absolute atomic E-state index is 0.413. The van der Waals surface area contributed by atoms with Crippen LogP contribution in [0.3, 0.4) is 0 Å². The Hall–Kier alpha value is -1.07. The number of hydrogen-bond donors (Lipinski definition) is 2. The Bertz CT molecular complexity index is 439. The van der Waals surface area contributed by atoms with Crippen molar-refractivity contribution in [3.63, 3.8) is 0 Å². The molecular weight excluding hydrogens is 268 g/mol. The lowest BCUT2D eigenvalue weighted by molar-refractivity contribution is 0.263. The Labute approximate surface area is 126 Å². The van der Waals surface area contributed by atoms with Crippen molar-refractivity contribution >= 4 is 17.3 Å². The highest BCUT2D eigenvalue weighted by atomic mass is 32.1. The molecule has 0 fully saturated rings. The summed E-state index contributed by atoms with van der Waals surface area (Å²) >= 11 is 1.90. The van der Waals surface area contributed by atoms with Crippen LogP contribution in [0.1, 0.15) is 31.2 Å². The van der Waals surface area contributed by atoms with Gasteiger partial charge in [-0.1, -0.05) is 0 Å². The maximum absolute atomic E-state index is 4.65. The van der Waals surface area contributed by atoms with Gasteiger partial charge in [0, 0.05) is 37.1 Å². The highest BCUT2D eigenvalue weighted by molar-refractivity contribution is 7.10. The van der Waals surface area contributed by atoms with E-state index in [2.05, 4.69) is 52.7 Å². The highest BCUT2D eigenvalue weighted by Crippen LogP contribution is 2.23. The van der Waals surface area contributed by atoms with E-state index >= 15 is 0 Å². The second-order valence-electron chi connectivity index (χ2n) is 5.45. The largest absolute Gasteiger partial charge is 0.357 e. The highest BCUT2D eigenvalue weighted by Gasteiger charge is 2.16. The summed E-state index contributed by atoms with van der Waals surface area (Å²) in [4.78, 5) is 8.71. The van der Waals surface area contributed by atoms with Gasteiger partial charge < -0.3 is 10.6 Å². The number of rotatable bonds is 5. The fourth-order valence-corrected chi connectivity index (χ4v) is 3.28. The Morgan fingerprint density at radius 1 is 1.50 bits per heavy atom. The molecule has 5 heteroatoms. The van der Waals surface area contributed by atoms with Crippen molar-refractivity contribution < 1.29 is 0 Å². The molecule has 1 aliphatic heterocycles. The zero-order valence-corrected chi connectivity index (χ0v) is 13.6. The molecule has 0 saturated heterocycles. The molecule has 20 heavy (non-hydrogen) atoms. The summed E-state index contributed by atoms with van der Waals surface area (Å²) in [6, 6.07) is 2.68. The van der Waals surface area contributed by atoms with Crippen molar-refractivity contribution in [1.82, 2.24) is 15.5 Å². The topological polar surface area (TPSA) is 39.7 Å². The van der Waals surface area contributed by atoms with Gasteiger partial charge in [-0.05, 0) is 44.2 Å². The Balaban J connectivity index is 1.79.